The molecule has 0 saturated heterocycles. The first-order valence-electron chi connectivity index (χ1n) is 7.58. The predicted molar refractivity (Wildman–Crippen MR) is 81.7 cm³/mol. The Morgan fingerprint density at radius 1 is 1.25 bits per heavy atom. The molecule has 2 aromatic rings. The number of aromatic nitrogens is 2. The Hall–Kier alpha value is -1.61. The van der Waals surface area contributed by atoms with Crippen LogP contribution in [0.4, 0.5) is 0 Å². The van der Waals surface area contributed by atoms with E-state index in [4.69, 9.17) is 5.73 Å². The van der Waals surface area contributed by atoms with Gasteiger partial charge in [0.1, 0.15) is 0 Å². The van der Waals surface area contributed by atoms with Gasteiger partial charge in [-0.2, -0.15) is 5.10 Å². The average Bonchev–Trinajstić information content (AvgIpc) is 3.03. The summed E-state index contributed by atoms with van der Waals surface area (Å²) in [5.41, 5.74) is 13.0. The van der Waals surface area contributed by atoms with Gasteiger partial charge in [0.2, 0.25) is 0 Å². The normalized spacial score (nSPS) is 15.3. The Bertz CT molecular complexity index is 613. The molecule has 1 heterocycles. The van der Waals surface area contributed by atoms with Crippen molar-refractivity contribution in [2.24, 2.45) is 5.73 Å². The zero-order valence-corrected chi connectivity index (χ0v) is 12.4. The molecule has 1 atom stereocenters. The molecular weight excluding hydrogens is 246 g/mol. The molecule has 0 saturated carbocycles. The van der Waals surface area contributed by atoms with Gasteiger partial charge in [-0.05, 0) is 55.9 Å². The average molecular weight is 269 g/mol. The van der Waals surface area contributed by atoms with Crippen LogP contribution in [0.5, 0.6) is 0 Å². The maximum Gasteiger partial charge on any atom is 0.0596 e. The third kappa shape index (κ3) is 2.50. The van der Waals surface area contributed by atoms with E-state index >= 15 is 0 Å². The molecule has 1 unspecified atom stereocenters. The molecule has 0 spiro atoms. The van der Waals surface area contributed by atoms with Gasteiger partial charge in [0.15, 0.2) is 0 Å². The first-order chi connectivity index (χ1) is 9.67. The second-order valence-electron chi connectivity index (χ2n) is 5.79. The second kappa shape index (κ2) is 5.41. The van der Waals surface area contributed by atoms with Crippen LogP contribution >= 0.6 is 0 Å². The van der Waals surface area contributed by atoms with Crippen molar-refractivity contribution in [3.05, 3.63) is 52.3 Å². The van der Waals surface area contributed by atoms with Crippen LogP contribution in [0.3, 0.4) is 0 Å². The highest BCUT2D eigenvalue weighted by atomic mass is 15.3. The fraction of sp³-hybridized carbons (Fsp3) is 0.471. The molecule has 106 valence electrons. The first kappa shape index (κ1) is 13.4. The van der Waals surface area contributed by atoms with Crippen LogP contribution in [0.15, 0.2) is 24.3 Å². The van der Waals surface area contributed by atoms with Crippen LogP contribution in [0.2, 0.25) is 0 Å². The van der Waals surface area contributed by atoms with Crippen molar-refractivity contribution in [2.45, 2.75) is 52.1 Å². The minimum atomic E-state index is 0.0577. The van der Waals surface area contributed by atoms with E-state index in [1.165, 1.54) is 41.6 Å². The summed E-state index contributed by atoms with van der Waals surface area (Å²) in [4.78, 5) is 0. The van der Waals surface area contributed by atoms with E-state index in [9.17, 15) is 0 Å². The zero-order valence-electron chi connectivity index (χ0n) is 12.4. The minimum absolute atomic E-state index is 0.0577. The highest BCUT2D eigenvalue weighted by Crippen LogP contribution is 2.26. The summed E-state index contributed by atoms with van der Waals surface area (Å²) in [5, 5.41) is 4.49. The Labute approximate surface area is 120 Å². The maximum atomic E-state index is 6.41. The smallest absolute Gasteiger partial charge is 0.0596 e. The minimum Gasteiger partial charge on any atom is -0.324 e. The van der Waals surface area contributed by atoms with Gasteiger partial charge in [0, 0.05) is 24.7 Å². The Morgan fingerprint density at radius 3 is 2.85 bits per heavy atom. The number of aryl methyl sites for hydroxylation is 4. The van der Waals surface area contributed by atoms with Crippen molar-refractivity contribution in [3.8, 4) is 0 Å². The summed E-state index contributed by atoms with van der Waals surface area (Å²) < 4.78 is 2.06. The lowest BCUT2D eigenvalue weighted by molar-refractivity contribution is 0.587. The highest BCUT2D eigenvalue weighted by Gasteiger charge is 2.15. The number of rotatable bonds is 4. The molecule has 0 aliphatic heterocycles. The molecular formula is C17H23N3. The van der Waals surface area contributed by atoms with Crippen molar-refractivity contribution in [1.29, 1.82) is 0 Å². The van der Waals surface area contributed by atoms with Gasteiger partial charge in [0.05, 0.1) is 5.69 Å². The molecule has 3 rings (SSSR count). The monoisotopic (exact) mass is 269 g/mol. The second-order valence-corrected chi connectivity index (χ2v) is 5.79. The van der Waals surface area contributed by atoms with Gasteiger partial charge in [-0.25, -0.2) is 0 Å². The van der Waals surface area contributed by atoms with E-state index < -0.39 is 0 Å². The van der Waals surface area contributed by atoms with Crippen LogP contribution in [0.25, 0.3) is 0 Å². The SMILES string of the molecule is CCn1nc(C)cc1CC(N)c1ccc2c(c1)CCC2. The molecule has 20 heavy (non-hydrogen) atoms. The van der Waals surface area contributed by atoms with Crippen molar-refractivity contribution in [1.82, 2.24) is 9.78 Å². The molecule has 1 aromatic carbocycles. The predicted octanol–water partition coefficient (Wildman–Crippen LogP) is 2.94. The Kier molecular flexibility index (Phi) is 3.62. The van der Waals surface area contributed by atoms with Crippen LogP contribution < -0.4 is 5.73 Å². The molecule has 0 bridgehead atoms. The molecule has 3 nitrogen and oxygen atoms in total. The van der Waals surface area contributed by atoms with Gasteiger partial charge in [-0.3, -0.25) is 4.68 Å². The molecule has 0 amide bonds. The molecule has 1 aromatic heterocycles. The Morgan fingerprint density at radius 2 is 2.05 bits per heavy atom. The highest BCUT2D eigenvalue weighted by molar-refractivity contribution is 5.36. The topological polar surface area (TPSA) is 43.8 Å². The van der Waals surface area contributed by atoms with Gasteiger partial charge >= 0.3 is 0 Å². The summed E-state index contributed by atoms with van der Waals surface area (Å²) in [6.45, 7) is 5.06. The van der Waals surface area contributed by atoms with Gasteiger partial charge in [-0.1, -0.05) is 18.2 Å². The van der Waals surface area contributed by atoms with E-state index in [1.807, 2.05) is 6.92 Å². The third-order valence-corrected chi connectivity index (χ3v) is 4.26. The van der Waals surface area contributed by atoms with Gasteiger partial charge < -0.3 is 5.73 Å². The van der Waals surface area contributed by atoms with E-state index in [0.29, 0.717) is 0 Å². The van der Waals surface area contributed by atoms with Gasteiger partial charge in [0.25, 0.3) is 0 Å². The summed E-state index contributed by atoms with van der Waals surface area (Å²) >= 11 is 0. The van der Waals surface area contributed by atoms with E-state index in [-0.39, 0.29) is 6.04 Å². The van der Waals surface area contributed by atoms with Crippen LogP contribution in [-0.4, -0.2) is 9.78 Å². The summed E-state index contributed by atoms with van der Waals surface area (Å²) in [5.74, 6) is 0. The lowest BCUT2D eigenvalue weighted by atomic mass is 9.98. The molecule has 1 aliphatic rings. The third-order valence-electron chi connectivity index (χ3n) is 4.26. The summed E-state index contributed by atoms with van der Waals surface area (Å²) in [7, 11) is 0. The quantitative estimate of drug-likeness (QED) is 0.927. The molecule has 1 aliphatic carbocycles. The largest absolute Gasteiger partial charge is 0.324 e. The first-order valence-corrected chi connectivity index (χ1v) is 7.58. The fourth-order valence-corrected chi connectivity index (χ4v) is 3.20. The van der Waals surface area contributed by atoms with Crippen molar-refractivity contribution in [3.63, 3.8) is 0 Å². The molecule has 3 heteroatoms. The Balaban J connectivity index is 1.80. The number of nitrogens with zero attached hydrogens (tertiary/aromatic N) is 2. The summed E-state index contributed by atoms with van der Waals surface area (Å²) in [6.07, 6.45) is 4.58. The lowest BCUT2D eigenvalue weighted by Gasteiger charge is -2.14. The zero-order chi connectivity index (χ0) is 14.1. The summed E-state index contributed by atoms with van der Waals surface area (Å²) in [6, 6.07) is 8.99. The maximum absolute atomic E-state index is 6.41. The van der Waals surface area contributed by atoms with Crippen molar-refractivity contribution >= 4 is 0 Å². The standard InChI is InChI=1S/C17H23N3/c1-3-20-16(9-12(2)19-20)11-17(18)15-8-7-13-5-4-6-14(13)10-15/h7-10,17H,3-6,11,18H2,1-2H3. The van der Waals surface area contributed by atoms with Gasteiger partial charge in [-0.15, -0.1) is 0 Å². The van der Waals surface area contributed by atoms with Crippen molar-refractivity contribution < 1.29 is 0 Å². The van der Waals surface area contributed by atoms with Crippen LogP contribution in [0, 0.1) is 6.92 Å². The number of nitrogens with two attached hydrogens (primary N) is 1. The number of fused-ring (bicyclic) bond motifs is 1. The van der Waals surface area contributed by atoms with E-state index in [1.54, 1.807) is 0 Å². The number of hydrogen-bond acceptors (Lipinski definition) is 2. The molecule has 0 fully saturated rings. The molecule has 0 radical (unpaired) electrons. The number of hydrogen-bond donors (Lipinski definition) is 1. The van der Waals surface area contributed by atoms with E-state index in [2.05, 4.69) is 41.0 Å². The lowest BCUT2D eigenvalue weighted by Crippen LogP contribution is -2.16. The van der Waals surface area contributed by atoms with E-state index in [0.717, 1.165) is 18.7 Å². The van der Waals surface area contributed by atoms with Crippen molar-refractivity contribution in [2.75, 3.05) is 0 Å². The fourth-order valence-electron chi connectivity index (χ4n) is 3.20. The number of benzene rings is 1. The van der Waals surface area contributed by atoms with Crippen LogP contribution in [-0.2, 0) is 25.8 Å². The molecule has 2 N–H and O–H groups in total. The van der Waals surface area contributed by atoms with Crippen LogP contribution in [0.1, 0.15) is 47.5 Å².